The molecule has 0 aliphatic heterocycles. The molecule has 1 heterocycles. The summed E-state index contributed by atoms with van der Waals surface area (Å²) in [5.74, 6) is 0.592. The fraction of sp³-hybridized carbons (Fsp3) is 0.636. The van der Waals surface area contributed by atoms with Crippen molar-refractivity contribution in [3.8, 4) is 5.88 Å². The SMILES string of the molecule is CCC(C)(C)Oc1cncc(CNC)n1. The van der Waals surface area contributed by atoms with Crippen LogP contribution in [0.4, 0.5) is 0 Å². The summed E-state index contributed by atoms with van der Waals surface area (Å²) in [6.45, 7) is 6.88. The van der Waals surface area contributed by atoms with E-state index < -0.39 is 0 Å². The Bertz CT molecular complexity index is 312. The fourth-order valence-electron chi connectivity index (χ4n) is 1.06. The minimum atomic E-state index is -0.188. The number of nitrogens with one attached hydrogen (secondary N) is 1. The molecule has 0 bridgehead atoms. The molecule has 0 spiro atoms. The second kappa shape index (κ2) is 5.07. The highest BCUT2D eigenvalue weighted by Crippen LogP contribution is 2.17. The average molecular weight is 209 g/mol. The van der Waals surface area contributed by atoms with Crippen molar-refractivity contribution in [3.05, 3.63) is 18.1 Å². The number of hydrogen-bond acceptors (Lipinski definition) is 4. The highest BCUT2D eigenvalue weighted by molar-refractivity contribution is 5.09. The number of ether oxygens (including phenoxy) is 1. The van der Waals surface area contributed by atoms with Gasteiger partial charge in [-0.3, -0.25) is 4.98 Å². The molecule has 0 atom stereocenters. The Morgan fingerprint density at radius 1 is 1.40 bits per heavy atom. The van der Waals surface area contributed by atoms with Gasteiger partial charge in [-0.15, -0.1) is 0 Å². The first-order chi connectivity index (χ1) is 7.07. The summed E-state index contributed by atoms with van der Waals surface area (Å²) in [6.07, 6.45) is 4.32. The molecule has 15 heavy (non-hydrogen) atoms. The Labute approximate surface area is 91.1 Å². The molecular weight excluding hydrogens is 190 g/mol. The van der Waals surface area contributed by atoms with Gasteiger partial charge in [0.25, 0.3) is 0 Å². The lowest BCUT2D eigenvalue weighted by Gasteiger charge is -2.23. The van der Waals surface area contributed by atoms with Gasteiger partial charge in [0.1, 0.15) is 5.60 Å². The van der Waals surface area contributed by atoms with Crippen molar-refractivity contribution in [3.63, 3.8) is 0 Å². The molecule has 0 aliphatic rings. The van der Waals surface area contributed by atoms with Gasteiger partial charge in [-0.2, -0.15) is 0 Å². The minimum Gasteiger partial charge on any atom is -0.471 e. The van der Waals surface area contributed by atoms with E-state index >= 15 is 0 Å². The predicted molar refractivity (Wildman–Crippen MR) is 59.8 cm³/mol. The fourth-order valence-corrected chi connectivity index (χ4v) is 1.06. The maximum atomic E-state index is 5.74. The molecule has 1 N–H and O–H groups in total. The van der Waals surface area contributed by atoms with E-state index in [4.69, 9.17) is 4.74 Å². The van der Waals surface area contributed by atoms with Gasteiger partial charge < -0.3 is 10.1 Å². The summed E-state index contributed by atoms with van der Waals surface area (Å²) in [7, 11) is 1.88. The van der Waals surface area contributed by atoms with Crippen LogP contribution in [-0.2, 0) is 6.54 Å². The summed E-state index contributed by atoms with van der Waals surface area (Å²) in [5.41, 5.74) is 0.703. The van der Waals surface area contributed by atoms with Crippen LogP contribution in [0.15, 0.2) is 12.4 Å². The maximum absolute atomic E-state index is 5.74. The Balaban J connectivity index is 2.73. The zero-order valence-corrected chi connectivity index (χ0v) is 9.87. The van der Waals surface area contributed by atoms with E-state index in [0.717, 1.165) is 12.1 Å². The van der Waals surface area contributed by atoms with E-state index in [1.807, 2.05) is 20.9 Å². The molecular formula is C11H19N3O. The van der Waals surface area contributed by atoms with E-state index in [1.54, 1.807) is 12.4 Å². The van der Waals surface area contributed by atoms with Gasteiger partial charge in [0, 0.05) is 12.7 Å². The summed E-state index contributed by atoms with van der Waals surface area (Å²) in [5, 5.41) is 3.03. The molecule has 1 aromatic rings. The van der Waals surface area contributed by atoms with Crippen molar-refractivity contribution >= 4 is 0 Å². The number of nitrogens with zero attached hydrogens (tertiary/aromatic N) is 2. The average Bonchev–Trinajstić information content (AvgIpc) is 2.18. The first-order valence-corrected chi connectivity index (χ1v) is 5.22. The molecule has 0 amide bonds. The third-order valence-electron chi connectivity index (χ3n) is 2.25. The summed E-state index contributed by atoms with van der Waals surface area (Å²) < 4.78 is 5.74. The first-order valence-electron chi connectivity index (χ1n) is 5.22. The normalized spacial score (nSPS) is 11.5. The zero-order valence-electron chi connectivity index (χ0n) is 9.87. The molecule has 4 heteroatoms. The lowest BCUT2D eigenvalue weighted by Crippen LogP contribution is -2.27. The third-order valence-corrected chi connectivity index (χ3v) is 2.25. The van der Waals surface area contributed by atoms with Gasteiger partial charge in [0.15, 0.2) is 0 Å². The van der Waals surface area contributed by atoms with Crippen LogP contribution >= 0.6 is 0 Å². The van der Waals surface area contributed by atoms with E-state index in [9.17, 15) is 0 Å². The van der Waals surface area contributed by atoms with Crippen LogP contribution in [-0.4, -0.2) is 22.6 Å². The van der Waals surface area contributed by atoms with Crippen molar-refractivity contribution in [2.24, 2.45) is 0 Å². The van der Waals surface area contributed by atoms with Gasteiger partial charge in [0.2, 0.25) is 5.88 Å². The van der Waals surface area contributed by atoms with Crippen molar-refractivity contribution in [2.45, 2.75) is 39.3 Å². The minimum absolute atomic E-state index is 0.188. The summed E-state index contributed by atoms with van der Waals surface area (Å²) >= 11 is 0. The molecule has 1 aromatic heterocycles. The Kier molecular flexibility index (Phi) is 4.03. The Morgan fingerprint density at radius 3 is 2.73 bits per heavy atom. The van der Waals surface area contributed by atoms with Gasteiger partial charge in [0.05, 0.1) is 11.9 Å². The van der Waals surface area contributed by atoms with Crippen LogP contribution in [0.5, 0.6) is 5.88 Å². The smallest absolute Gasteiger partial charge is 0.233 e. The van der Waals surface area contributed by atoms with E-state index in [1.165, 1.54) is 0 Å². The number of aromatic nitrogens is 2. The second-order valence-corrected chi connectivity index (χ2v) is 4.09. The standard InChI is InChI=1S/C11H19N3O/c1-5-11(2,3)15-10-8-13-7-9(14-10)6-12-4/h7-8,12H,5-6H2,1-4H3. The molecule has 0 unspecified atom stereocenters. The van der Waals surface area contributed by atoms with Crippen LogP contribution in [0.1, 0.15) is 32.9 Å². The van der Waals surface area contributed by atoms with Crippen molar-refractivity contribution in [1.29, 1.82) is 0 Å². The molecule has 0 aromatic carbocycles. The van der Waals surface area contributed by atoms with E-state index in [2.05, 4.69) is 22.2 Å². The molecule has 84 valence electrons. The molecule has 0 saturated carbocycles. The number of hydrogen-bond donors (Lipinski definition) is 1. The summed E-state index contributed by atoms with van der Waals surface area (Å²) in [4.78, 5) is 8.44. The maximum Gasteiger partial charge on any atom is 0.233 e. The Hall–Kier alpha value is -1.16. The highest BCUT2D eigenvalue weighted by Gasteiger charge is 2.17. The topological polar surface area (TPSA) is 47.0 Å². The van der Waals surface area contributed by atoms with Crippen LogP contribution in [0, 0.1) is 0 Å². The van der Waals surface area contributed by atoms with Crippen molar-refractivity contribution in [1.82, 2.24) is 15.3 Å². The van der Waals surface area contributed by atoms with Crippen LogP contribution in [0.25, 0.3) is 0 Å². The monoisotopic (exact) mass is 209 g/mol. The largest absolute Gasteiger partial charge is 0.471 e. The molecule has 4 nitrogen and oxygen atoms in total. The van der Waals surface area contributed by atoms with Gasteiger partial charge in [-0.1, -0.05) is 6.92 Å². The quantitative estimate of drug-likeness (QED) is 0.802. The Morgan fingerprint density at radius 2 is 2.13 bits per heavy atom. The number of rotatable bonds is 5. The second-order valence-electron chi connectivity index (χ2n) is 4.09. The van der Waals surface area contributed by atoms with Gasteiger partial charge in [-0.25, -0.2) is 4.98 Å². The first kappa shape index (κ1) is 11.9. The highest BCUT2D eigenvalue weighted by atomic mass is 16.5. The molecule has 0 saturated heterocycles. The van der Waals surface area contributed by atoms with Gasteiger partial charge >= 0.3 is 0 Å². The summed E-state index contributed by atoms with van der Waals surface area (Å²) in [6, 6.07) is 0. The van der Waals surface area contributed by atoms with Crippen LogP contribution in [0.2, 0.25) is 0 Å². The molecule has 1 rings (SSSR count). The molecule has 0 aliphatic carbocycles. The molecule has 0 fully saturated rings. The zero-order chi connectivity index (χ0) is 11.3. The van der Waals surface area contributed by atoms with E-state index in [0.29, 0.717) is 12.4 Å². The van der Waals surface area contributed by atoms with Crippen molar-refractivity contribution < 1.29 is 4.74 Å². The lowest BCUT2D eigenvalue weighted by molar-refractivity contribution is 0.0981. The van der Waals surface area contributed by atoms with E-state index in [-0.39, 0.29) is 5.60 Å². The lowest BCUT2D eigenvalue weighted by atomic mass is 10.1. The third kappa shape index (κ3) is 3.83. The predicted octanol–water partition coefficient (Wildman–Crippen LogP) is 1.76. The van der Waals surface area contributed by atoms with Crippen LogP contribution < -0.4 is 10.1 Å². The van der Waals surface area contributed by atoms with Gasteiger partial charge in [-0.05, 0) is 27.3 Å². The van der Waals surface area contributed by atoms with Crippen molar-refractivity contribution in [2.75, 3.05) is 7.05 Å². The molecule has 0 radical (unpaired) electrons. The van der Waals surface area contributed by atoms with Crippen LogP contribution in [0.3, 0.4) is 0 Å².